The van der Waals surface area contributed by atoms with Crippen LogP contribution in [0.15, 0.2) is 53.4 Å². The van der Waals surface area contributed by atoms with Gasteiger partial charge in [-0.15, -0.1) is 0 Å². The zero-order valence-corrected chi connectivity index (χ0v) is 13.9. The van der Waals surface area contributed by atoms with Gasteiger partial charge in [-0.2, -0.15) is 0 Å². The van der Waals surface area contributed by atoms with Gasteiger partial charge in [-0.05, 0) is 42.0 Å². The molecule has 0 bridgehead atoms. The maximum atomic E-state index is 12.4. The Morgan fingerprint density at radius 3 is 2.39 bits per heavy atom. The summed E-state index contributed by atoms with van der Waals surface area (Å²) in [7, 11) is -3.97. The highest BCUT2D eigenvalue weighted by Crippen LogP contribution is 2.29. The Hall–Kier alpha value is -2.34. The second-order valence-electron chi connectivity index (χ2n) is 5.55. The Morgan fingerprint density at radius 1 is 1.13 bits per heavy atom. The van der Waals surface area contributed by atoms with E-state index in [4.69, 9.17) is 5.73 Å². The maximum Gasteiger partial charge on any atom is 0.326 e. The van der Waals surface area contributed by atoms with E-state index in [1.165, 1.54) is 6.07 Å². The van der Waals surface area contributed by atoms with E-state index in [1.54, 1.807) is 6.07 Å². The molecule has 6 heteroatoms. The molecule has 2 rings (SSSR count). The van der Waals surface area contributed by atoms with Crippen LogP contribution in [-0.4, -0.2) is 14.4 Å². The molecule has 0 radical (unpaired) electrons. The molecule has 0 aliphatic heterocycles. The maximum absolute atomic E-state index is 12.4. The fourth-order valence-electron chi connectivity index (χ4n) is 2.78. The van der Waals surface area contributed by atoms with E-state index < -0.39 is 16.1 Å². The molecule has 2 aromatic rings. The lowest BCUT2D eigenvalue weighted by atomic mass is 9.91. The number of hydrogen-bond donors (Lipinski definition) is 2. The molecule has 0 aromatic heterocycles. The summed E-state index contributed by atoms with van der Waals surface area (Å²) < 4.78 is 26.6. The number of amides is 2. The Kier molecular flexibility index (Phi) is 5.05. The third-order valence-electron chi connectivity index (χ3n) is 3.69. The Bertz CT molecular complexity index is 802. The first-order valence-electron chi connectivity index (χ1n) is 7.27. The van der Waals surface area contributed by atoms with Gasteiger partial charge in [0.1, 0.15) is 0 Å². The summed E-state index contributed by atoms with van der Waals surface area (Å²) >= 11 is 0. The molecule has 0 fully saturated rings. The molecule has 23 heavy (non-hydrogen) atoms. The van der Waals surface area contributed by atoms with Gasteiger partial charge in [-0.3, -0.25) is 0 Å². The second kappa shape index (κ2) is 6.83. The van der Waals surface area contributed by atoms with Crippen molar-refractivity contribution in [2.75, 3.05) is 0 Å². The number of rotatable bonds is 5. The van der Waals surface area contributed by atoms with Gasteiger partial charge in [0.05, 0.1) is 4.90 Å². The van der Waals surface area contributed by atoms with Gasteiger partial charge in [-0.25, -0.2) is 17.9 Å². The number of carbonyl (C=O) groups excluding carboxylic acids is 1. The second-order valence-corrected chi connectivity index (χ2v) is 7.20. The number of nitrogens with one attached hydrogen (secondary N) is 1. The molecule has 0 spiro atoms. The first kappa shape index (κ1) is 17.0. The summed E-state index contributed by atoms with van der Waals surface area (Å²) in [6.07, 6.45) is 0.699. The molecule has 3 N–H and O–H groups in total. The minimum absolute atomic E-state index is 0.0296. The van der Waals surface area contributed by atoms with Crippen molar-refractivity contribution in [2.45, 2.75) is 31.1 Å². The Morgan fingerprint density at radius 2 is 1.78 bits per heavy atom. The highest BCUT2D eigenvalue weighted by atomic mass is 32.2. The van der Waals surface area contributed by atoms with Crippen molar-refractivity contribution < 1.29 is 13.2 Å². The quantitative estimate of drug-likeness (QED) is 0.882. The largest absolute Gasteiger partial charge is 0.351 e. The molecule has 1 unspecified atom stereocenters. The van der Waals surface area contributed by atoms with Gasteiger partial charge in [-0.1, -0.05) is 49.4 Å². The van der Waals surface area contributed by atoms with E-state index >= 15 is 0 Å². The summed E-state index contributed by atoms with van der Waals surface area (Å²) in [5.74, 6) is -0.0296. The molecular formula is C17H20N2O3S. The van der Waals surface area contributed by atoms with Crippen molar-refractivity contribution in [3.63, 3.8) is 0 Å². The van der Waals surface area contributed by atoms with Crippen molar-refractivity contribution >= 4 is 16.1 Å². The first-order valence-corrected chi connectivity index (χ1v) is 8.75. The Balaban J connectivity index is 2.44. The van der Waals surface area contributed by atoms with Crippen molar-refractivity contribution in [3.8, 4) is 0 Å². The van der Waals surface area contributed by atoms with Crippen LogP contribution in [0.2, 0.25) is 0 Å². The summed E-state index contributed by atoms with van der Waals surface area (Å²) in [5.41, 5.74) is 7.66. The van der Waals surface area contributed by atoms with Gasteiger partial charge in [0.25, 0.3) is 10.0 Å². The average Bonchev–Trinajstić information content (AvgIpc) is 2.46. The van der Waals surface area contributed by atoms with E-state index in [2.05, 4.69) is 0 Å². The number of primary amides is 1. The topological polar surface area (TPSA) is 89.3 Å². The number of aryl methyl sites for hydroxylation is 1. The predicted octanol–water partition coefficient (Wildman–Crippen LogP) is 2.70. The predicted molar refractivity (Wildman–Crippen MR) is 89.6 cm³/mol. The summed E-state index contributed by atoms with van der Waals surface area (Å²) in [6, 6.07) is 13.8. The van der Waals surface area contributed by atoms with Crippen LogP contribution in [0.25, 0.3) is 0 Å². The van der Waals surface area contributed by atoms with Crippen LogP contribution < -0.4 is 10.5 Å². The zero-order chi connectivity index (χ0) is 17.0. The van der Waals surface area contributed by atoms with Crippen LogP contribution in [0.4, 0.5) is 4.79 Å². The number of nitrogens with two attached hydrogens (primary N) is 1. The molecule has 0 saturated heterocycles. The molecular weight excluding hydrogens is 312 g/mol. The lowest BCUT2D eigenvalue weighted by Gasteiger charge is -2.19. The highest BCUT2D eigenvalue weighted by Gasteiger charge is 2.24. The Labute approximate surface area is 136 Å². The third-order valence-corrected chi connectivity index (χ3v) is 5.09. The standard InChI is InChI=1S/C17H20N2O3S/c1-12-7-6-10-15(23(21,22)19-17(18)20)16(12)13(2)11-14-8-4-3-5-9-14/h3-10,13H,11H2,1-2H3,(H3,18,19,20). The van der Waals surface area contributed by atoms with Crippen LogP contribution >= 0.6 is 0 Å². The number of carbonyl (C=O) groups is 1. The molecule has 122 valence electrons. The minimum Gasteiger partial charge on any atom is -0.351 e. The summed E-state index contributed by atoms with van der Waals surface area (Å²) in [6.45, 7) is 3.83. The van der Waals surface area contributed by atoms with Crippen LogP contribution in [0.1, 0.15) is 29.5 Å². The fraction of sp³-hybridized carbons (Fsp3) is 0.235. The van der Waals surface area contributed by atoms with Gasteiger partial charge < -0.3 is 5.73 Å². The van der Waals surface area contributed by atoms with Crippen molar-refractivity contribution in [2.24, 2.45) is 5.73 Å². The zero-order valence-electron chi connectivity index (χ0n) is 13.1. The third kappa shape index (κ3) is 4.10. The number of hydrogen-bond acceptors (Lipinski definition) is 3. The van der Waals surface area contributed by atoms with Gasteiger partial charge in [0.15, 0.2) is 0 Å². The van der Waals surface area contributed by atoms with E-state index in [-0.39, 0.29) is 10.8 Å². The van der Waals surface area contributed by atoms with Gasteiger partial charge in [0, 0.05) is 0 Å². The van der Waals surface area contributed by atoms with Crippen LogP contribution in [0, 0.1) is 6.92 Å². The number of urea groups is 1. The normalized spacial score (nSPS) is 12.6. The van der Waals surface area contributed by atoms with E-state index in [0.717, 1.165) is 11.1 Å². The number of sulfonamides is 1. The molecule has 0 saturated carbocycles. The molecule has 0 heterocycles. The summed E-state index contributed by atoms with van der Waals surface area (Å²) in [5, 5.41) is 0. The van der Waals surface area contributed by atoms with Gasteiger partial charge in [0.2, 0.25) is 0 Å². The lowest BCUT2D eigenvalue weighted by Crippen LogP contribution is -2.35. The minimum atomic E-state index is -3.97. The SMILES string of the molecule is Cc1cccc(S(=O)(=O)NC(N)=O)c1C(C)Cc1ccccc1. The average molecular weight is 332 g/mol. The van der Waals surface area contributed by atoms with Crippen LogP contribution in [0.3, 0.4) is 0 Å². The smallest absolute Gasteiger partial charge is 0.326 e. The highest BCUT2D eigenvalue weighted by molar-refractivity contribution is 7.90. The van der Waals surface area contributed by atoms with Crippen molar-refractivity contribution in [1.82, 2.24) is 4.72 Å². The van der Waals surface area contributed by atoms with Crippen LogP contribution in [0.5, 0.6) is 0 Å². The molecule has 1 atom stereocenters. The number of benzene rings is 2. The molecule has 2 aromatic carbocycles. The van der Waals surface area contributed by atoms with Crippen molar-refractivity contribution in [3.05, 3.63) is 65.2 Å². The first-order chi connectivity index (χ1) is 10.8. The van der Waals surface area contributed by atoms with Gasteiger partial charge >= 0.3 is 6.03 Å². The van der Waals surface area contributed by atoms with E-state index in [1.807, 2.05) is 55.0 Å². The lowest BCUT2D eigenvalue weighted by molar-refractivity contribution is 0.253. The monoisotopic (exact) mass is 332 g/mol. The molecule has 0 aliphatic rings. The van der Waals surface area contributed by atoms with Crippen LogP contribution in [-0.2, 0) is 16.4 Å². The molecule has 0 aliphatic carbocycles. The molecule has 5 nitrogen and oxygen atoms in total. The summed E-state index contributed by atoms with van der Waals surface area (Å²) in [4.78, 5) is 11.1. The molecule has 2 amide bonds. The van der Waals surface area contributed by atoms with E-state index in [0.29, 0.717) is 12.0 Å². The van der Waals surface area contributed by atoms with Crippen molar-refractivity contribution in [1.29, 1.82) is 0 Å². The fourth-order valence-corrected chi connectivity index (χ4v) is 4.06. The van der Waals surface area contributed by atoms with E-state index in [9.17, 15) is 13.2 Å².